The number of carbonyl (C=O) groups is 1. The lowest BCUT2D eigenvalue weighted by Gasteiger charge is -2.38. The van der Waals surface area contributed by atoms with Gasteiger partial charge in [-0.05, 0) is 64.0 Å². The molecule has 2 fully saturated rings. The molecule has 0 N–H and O–H groups in total. The Kier molecular flexibility index (Phi) is 3.76. The Morgan fingerprint density at radius 1 is 1.23 bits per heavy atom. The monoisotopic (exact) mass is 352 g/mol. The normalized spacial score (nSPS) is 22.7. The van der Waals surface area contributed by atoms with Crippen molar-refractivity contribution in [2.75, 3.05) is 4.90 Å². The highest BCUT2D eigenvalue weighted by Gasteiger charge is 2.39. The third-order valence-corrected chi connectivity index (χ3v) is 5.99. The zero-order valence-corrected chi connectivity index (χ0v) is 15.1. The van der Waals surface area contributed by atoms with Crippen LogP contribution in [0.25, 0.3) is 11.1 Å². The van der Waals surface area contributed by atoms with E-state index in [0.29, 0.717) is 0 Å². The number of fused-ring (bicyclic) bond motifs is 1. The van der Waals surface area contributed by atoms with Crippen molar-refractivity contribution < 1.29 is 14.1 Å². The smallest absolute Gasteiger partial charge is 0.230 e. The van der Waals surface area contributed by atoms with Crippen LogP contribution in [0.4, 0.5) is 5.69 Å². The molecule has 2 aliphatic carbocycles. The second kappa shape index (κ2) is 6.15. The molecule has 5 nitrogen and oxygen atoms in total. The molecule has 5 heteroatoms. The van der Waals surface area contributed by atoms with Gasteiger partial charge in [-0.25, -0.2) is 0 Å². The van der Waals surface area contributed by atoms with Crippen molar-refractivity contribution in [3.63, 3.8) is 0 Å². The Hall–Kier alpha value is -2.30. The van der Waals surface area contributed by atoms with Crippen LogP contribution in [0.3, 0.4) is 0 Å². The second-order valence-electron chi connectivity index (χ2n) is 7.89. The molecule has 2 heterocycles. The zero-order valence-electron chi connectivity index (χ0n) is 15.1. The van der Waals surface area contributed by atoms with Crippen molar-refractivity contribution in [2.24, 2.45) is 5.92 Å². The van der Waals surface area contributed by atoms with Gasteiger partial charge in [0.25, 0.3) is 0 Å². The highest BCUT2D eigenvalue weighted by Crippen LogP contribution is 2.46. The zero-order chi connectivity index (χ0) is 17.7. The van der Waals surface area contributed by atoms with Crippen molar-refractivity contribution in [3.05, 3.63) is 30.2 Å². The molecule has 0 spiro atoms. The first-order chi connectivity index (χ1) is 12.7. The van der Waals surface area contributed by atoms with Crippen LogP contribution in [0.5, 0.6) is 5.75 Å². The van der Waals surface area contributed by atoms with Crippen molar-refractivity contribution in [2.45, 2.75) is 64.0 Å². The fourth-order valence-electron chi connectivity index (χ4n) is 4.02. The van der Waals surface area contributed by atoms with Crippen LogP contribution < -0.4 is 9.64 Å². The summed E-state index contributed by atoms with van der Waals surface area (Å²) in [5.74, 6) is 1.43. The molecule has 1 amide bonds. The lowest BCUT2D eigenvalue weighted by molar-refractivity contribution is -0.120. The SMILES string of the molecule is CC1CCc2c(ccc(-c3cnoc3)c2OC2CCC2)N1C(=O)C1CC1. The van der Waals surface area contributed by atoms with Gasteiger partial charge in [-0.2, -0.15) is 0 Å². The van der Waals surface area contributed by atoms with Gasteiger partial charge in [-0.1, -0.05) is 5.16 Å². The van der Waals surface area contributed by atoms with Crippen LogP contribution in [0.1, 0.15) is 51.0 Å². The fraction of sp³-hybridized carbons (Fsp3) is 0.524. The Labute approximate surface area is 153 Å². The van der Waals surface area contributed by atoms with E-state index in [1.54, 1.807) is 12.5 Å². The first-order valence-corrected chi connectivity index (χ1v) is 9.77. The quantitative estimate of drug-likeness (QED) is 0.821. The van der Waals surface area contributed by atoms with E-state index in [0.717, 1.165) is 61.1 Å². The Morgan fingerprint density at radius 3 is 2.73 bits per heavy atom. The number of nitrogens with zero attached hydrogens (tertiary/aromatic N) is 2. The molecule has 3 aliphatic rings. The number of anilines is 1. The summed E-state index contributed by atoms with van der Waals surface area (Å²) >= 11 is 0. The standard InChI is InChI=1S/C21H24N2O3/c1-13-5-8-18-19(23(13)21(24)14-6-7-14)10-9-17(15-11-22-25-12-15)20(18)26-16-3-2-4-16/h9-14,16H,2-8H2,1H3. The van der Waals surface area contributed by atoms with E-state index in [1.165, 1.54) is 12.0 Å². The summed E-state index contributed by atoms with van der Waals surface area (Å²) in [6.45, 7) is 2.16. The summed E-state index contributed by atoms with van der Waals surface area (Å²) in [5, 5.41) is 3.86. The van der Waals surface area contributed by atoms with Gasteiger partial charge >= 0.3 is 0 Å². The first kappa shape index (κ1) is 15.9. The van der Waals surface area contributed by atoms with Gasteiger partial charge in [-0.3, -0.25) is 4.79 Å². The predicted molar refractivity (Wildman–Crippen MR) is 98.2 cm³/mol. The van der Waals surface area contributed by atoms with E-state index in [4.69, 9.17) is 9.26 Å². The van der Waals surface area contributed by atoms with E-state index < -0.39 is 0 Å². The van der Waals surface area contributed by atoms with E-state index in [9.17, 15) is 4.79 Å². The van der Waals surface area contributed by atoms with Gasteiger partial charge in [0.15, 0.2) is 0 Å². The topological polar surface area (TPSA) is 55.6 Å². The minimum atomic E-state index is 0.220. The number of carbonyl (C=O) groups excluding carboxylic acids is 1. The van der Waals surface area contributed by atoms with Crippen molar-refractivity contribution in [3.8, 4) is 16.9 Å². The average molecular weight is 352 g/mol. The van der Waals surface area contributed by atoms with Crippen LogP contribution in [0.15, 0.2) is 29.1 Å². The Bertz CT molecular complexity index is 822. The number of hydrogen-bond acceptors (Lipinski definition) is 4. The number of aromatic nitrogens is 1. The van der Waals surface area contributed by atoms with Crippen LogP contribution >= 0.6 is 0 Å². The van der Waals surface area contributed by atoms with Gasteiger partial charge in [0, 0.05) is 28.7 Å². The van der Waals surface area contributed by atoms with Gasteiger partial charge in [0.1, 0.15) is 12.0 Å². The van der Waals surface area contributed by atoms with Gasteiger partial charge < -0.3 is 14.2 Å². The highest BCUT2D eigenvalue weighted by molar-refractivity contribution is 5.99. The van der Waals surface area contributed by atoms with Crippen LogP contribution in [-0.4, -0.2) is 23.2 Å². The van der Waals surface area contributed by atoms with Crippen LogP contribution in [0, 0.1) is 5.92 Å². The molecule has 1 aromatic heterocycles. The summed E-state index contributed by atoms with van der Waals surface area (Å²) in [7, 11) is 0. The van der Waals surface area contributed by atoms with E-state index in [1.807, 2.05) is 4.90 Å². The molecule has 2 saturated carbocycles. The third-order valence-electron chi connectivity index (χ3n) is 5.99. The van der Waals surface area contributed by atoms with Gasteiger partial charge in [-0.15, -0.1) is 0 Å². The van der Waals surface area contributed by atoms with Crippen LogP contribution in [0.2, 0.25) is 0 Å². The van der Waals surface area contributed by atoms with E-state index >= 15 is 0 Å². The van der Waals surface area contributed by atoms with Crippen LogP contribution in [-0.2, 0) is 11.2 Å². The maximum atomic E-state index is 12.9. The van der Waals surface area contributed by atoms with E-state index in [2.05, 4.69) is 24.2 Å². The summed E-state index contributed by atoms with van der Waals surface area (Å²) in [6.07, 6.45) is 11.1. The number of ether oxygens (including phenoxy) is 1. The molecular formula is C21H24N2O3. The minimum Gasteiger partial charge on any atom is -0.489 e. The van der Waals surface area contributed by atoms with Gasteiger partial charge in [0.05, 0.1) is 18.0 Å². The lowest BCUT2D eigenvalue weighted by atomic mass is 9.91. The summed E-state index contributed by atoms with van der Waals surface area (Å²) in [5.41, 5.74) is 4.16. The fourth-order valence-corrected chi connectivity index (χ4v) is 4.02. The molecule has 5 rings (SSSR count). The molecule has 1 aliphatic heterocycles. The summed E-state index contributed by atoms with van der Waals surface area (Å²) in [6, 6.07) is 4.39. The molecule has 1 atom stereocenters. The second-order valence-corrected chi connectivity index (χ2v) is 7.89. The predicted octanol–water partition coefficient (Wildman–Crippen LogP) is 4.35. The van der Waals surface area contributed by atoms with Gasteiger partial charge in [0.2, 0.25) is 5.91 Å². The Balaban J connectivity index is 1.61. The molecule has 26 heavy (non-hydrogen) atoms. The minimum absolute atomic E-state index is 0.220. The van der Waals surface area contributed by atoms with E-state index in [-0.39, 0.29) is 24.0 Å². The average Bonchev–Trinajstić information content (AvgIpc) is 3.32. The number of benzene rings is 1. The molecule has 0 saturated heterocycles. The highest BCUT2D eigenvalue weighted by atomic mass is 16.5. The summed E-state index contributed by atoms with van der Waals surface area (Å²) < 4.78 is 11.5. The Morgan fingerprint density at radius 2 is 2.08 bits per heavy atom. The molecule has 0 bridgehead atoms. The summed E-state index contributed by atoms with van der Waals surface area (Å²) in [4.78, 5) is 14.9. The lowest BCUT2D eigenvalue weighted by Crippen LogP contribution is -2.43. The maximum Gasteiger partial charge on any atom is 0.230 e. The largest absolute Gasteiger partial charge is 0.489 e. The maximum absolute atomic E-state index is 12.9. The first-order valence-electron chi connectivity index (χ1n) is 9.77. The molecular weight excluding hydrogens is 328 g/mol. The number of amides is 1. The van der Waals surface area contributed by atoms with Crippen molar-refractivity contribution >= 4 is 11.6 Å². The third kappa shape index (κ3) is 2.61. The molecule has 1 unspecified atom stereocenters. The van der Waals surface area contributed by atoms with Crippen molar-refractivity contribution in [1.82, 2.24) is 5.16 Å². The molecule has 1 aromatic carbocycles. The number of rotatable bonds is 4. The molecule has 2 aromatic rings. The number of hydrogen-bond donors (Lipinski definition) is 0. The molecule has 136 valence electrons. The molecule has 0 radical (unpaired) electrons. The van der Waals surface area contributed by atoms with Crippen molar-refractivity contribution in [1.29, 1.82) is 0 Å².